The number of urea groups is 1. The monoisotopic (exact) mass is 297 g/mol. The molecule has 1 aromatic carbocycles. The number of aromatic amines is 1. The zero-order valence-corrected chi connectivity index (χ0v) is 11.1. The number of imide groups is 1. The summed E-state index contributed by atoms with van der Waals surface area (Å²) in [7, 11) is 0. The van der Waals surface area contributed by atoms with Gasteiger partial charge in [0.15, 0.2) is 0 Å². The fraction of sp³-hybridized carbons (Fsp3) is 0.167. The van der Waals surface area contributed by atoms with Crippen molar-refractivity contribution >= 4 is 46.0 Å². The Morgan fingerprint density at radius 2 is 2.00 bits per heavy atom. The van der Waals surface area contributed by atoms with Gasteiger partial charge in [0.1, 0.15) is 6.04 Å². The molecule has 3 rings (SSSR count). The highest BCUT2D eigenvalue weighted by atomic mass is 35.5. The first-order valence-electron chi connectivity index (χ1n) is 5.61. The second kappa shape index (κ2) is 4.43. The van der Waals surface area contributed by atoms with Gasteiger partial charge in [0.05, 0.1) is 10.5 Å². The minimum absolute atomic E-state index is 0.326. The molecular formula is C12H9Cl2N3O2. The molecule has 19 heavy (non-hydrogen) atoms. The Labute approximate surface area is 118 Å². The van der Waals surface area contributed by atoms with Crippen molar-refractivity contribution < 1.29 is 9.59 Å². The molecule has 0 radical (unpaired) electrons. The van der Waals surface area contributed by atoms with E-state index in [2.05, 4.69) is 15.6 Å². The van der Waals surface area contributed by atoms with Crippen LogP contribution in [0.4, 0.5) is 4.79 Å². The maximum absolute atomic E-state index is 11.5. The van der Waals surface area contributed by atoms with Crippen LogP contribution in [0.2, 0.25) is 10.0 Å². The number of benzene rings is 1. The van der Waals surface area contributed by atoms with Crippen LogP contribution in [0.3, 0.4) is 0 Å². The number of nitrogens with one attached hydrogen (secondary N) is 3. The fourth-order valence-electron chi connectivity index (χ4n) is 2.20. The van der Waals surface area contributed by atoms with E-state index in [-0.39, 0.29) is 5.91 Å². The molecule has 3 N–H and O–H groups in total. The third-order valence-electron chi connectivity index (χ3n) is 3.07. The van der Waals surface area contributed by atoms with Crippen LogP contribution < -0.4 is 10.6 Å². The summed E-state index contributed by atoms with van der Waals surface area (Å²) in [5.74, 6) is -0.326. The van der Waals surface area contributed by atoms with E-state index in [1.165, 1.54) is 0 Å². The quantitative estimate of drug-likeness (QED) is 0.744. The molecule has 1 aromatic heterocycles. The van der Waals surface area contributed by atoms with E-state index in [4.69, 9.17) is 23.2 Å². The van der Waals surface area contributed by atoms with Crippen LogP contribution in [0, 0.1) is 0 Å². The predicted octanol–water partition coefficient (Wildman–Crippen LogP) is 2.23. The van der Waals surface area contributed by atoms with Gasteiger partial charge in [0, 0.05) is 23.0 Å². The lowest BCUT2D eigenvalue weighted by atomic mass is 10.1. The van der Waals surface area contributed by atoms with Crippen LogP contribution in [0.25, 0.3) is 10.9 Å². The smallest absolute Gasteiger partial charge is 0.322 e. The van der Waals surface area contributed by atoms with Crippen molar-refractivity contribution in [2.24, 2.45) is 0 Å². The topological polar surface area (TPSA) is 74.0 Å². The van der Waals surface area contributed by atoms with E-state index < -0.39 is 12.1 Å². The van der Waals surface area contributed by atoms with Gasteiger partial charge in [0.25, 0.3) is 5.91 Å². The standard InChI is InChI=1S/C12H9Cl2N3O2/c13-6-2-7-5(4-15-10(7)8(14)3-6)1-9-11(18)17-12(19)16-9/h2-4,9,15H,1H2,(H2,16,17,18,19). The Kier molecular flexibility index (Phi) is 2.88. The Balaban J connectivity index is 1.98. The summed E-state index contributed by atoms with van der Waals surface area (Å²) in [4.78, 5) is 25.6. The lowest BCUT2D eigenvalue weighted by Gasteiger charge is -2.06. The van der Waals surface area contributed by atoms with Gasteiger partial charge in [-0.15, -0.1) is 0 Å². The number of hydrogen-bond acceptors (Lipinski definition) is 2. The van der Waals surface area contributed by atoms with Crippen molar-refractivity contribution in [3.05, 3.63) is 33.9 Å². The third-order valence-corrected chi connectivity index (χ3v) is 3.59. The van der Waals surface area contributed by atoms with Crippen LogP contribution in [0.15, 0.2) is 18.3 Å². The van der Waals surface area contributed by atoms with Crippen molar-refractivity contribution in [2.75, 3.05) is 0 Å². The minimum atomic E-state index is -0.566. The number of hydrogen-bond donors (Lipinski definition) is 3. The van der Waals surface area contributed by atoms with Crippen LogP contribution >= 0.6 is 23.2 Å². The number of rotatable bonds is 2. The molecule has 2 heterocycles. The Morgan fingerprint density at radius 3 is 2.68 bits per heavy atom. The molecule has 0 bridgehead atoms. The van der Waals surface area contributed by atoms with Gasteiger partial charge in [-0.2, -0.15) is 0 Å². The molecule has 1 unspecified atom stereocenters. The maximum Gasteiger partial charge on any atom is 0.322 e. The number of aromatic nitrogens is 1. The van der Waals surface area contributed by atoms with E-state index in [9.17, 15) is 9.59 Å². The minimum Gasteiger partial charge on any atom is -0.360 e. The molecule has 0 saturated carbocycles. The van der Waals surface area contributed by atoms with E-state index in [0.717, 1.165) is 16.5 Å². The Morgan fingerprint density at radius 1 is 1.21 bits per heavy atom. The van der Waals surface area contributed by atoms with Crippen molar-refractivity contribution in [1.29, 1.82) is 0 Å². The first-order chi connectivity index (χ1) is 9.04. The van der Waals surface area contributed by atoms with Gasteiger partial charge in [0.2, 0.25) is 0 Å². The summed E-state index contributed by atoms with van der Waals surface area (Å²) in [6, 6.07) is 2.40. The summed E-state index contributed by atoms with van der Waals surface area (Å²) in [5, 5.41) is 6.66. The number of carbonyl (C=O) groups excluding carboxylic acids is 2. The van der Waals surface area contributed by atoms with Crippen LogP contribution in [-0.4, -0.2) is 23.0 Å². The predicted molar refractivity (Wildman–Crippen MR) is 72.5 cm³/mol. The summed E-state index contributed by atoms with van der Waals surface area (Å²) < 4.78 is 0. The van der Waals surface area contributed by atoms with Gasteiger partial charge in [-0.05, 0) is 17.7 Å². The largest absolute Gasteiger partial charge is 0.360 e. The highest BCUT2D eigenvalue weighted by molar-refractivity contribution is 6.38. The van der Waals surface area contributed by atoms with Gasteiger partial charge < -0.3 is 10.3 Å². The van der Waals surface area contributed by atoms with Gasteiger partial charge in [-0.1, -0.05) is 23.2 Å². The second-order valence-electron chi connectivity index (χ2n) is 4.34. The average molecular weight is 298 g/mol. The average Bonchev–Trinajstić information content (AvgIpc) is 2.84. The third kappa shape index (κ3) is 2.15. The number of H-pyrrole nitrogens is 1. The normalized spacial score (nSPS) is 18.7. The molecule has 2 aromatic rings. The van der Waals surface area contributed by atoms with Crippen LogP contribution in [-0.2, 0) is 11.2 Å². The van der Waals surface area contributed by atoms with Gasteiger partial charge in [-0.3, -0.25) is 10.1 Å². The number of carbonyl (C=O) groups is 2. The summed E-state index contributed by atoms with van der Waals surface area (Å²) >= 11 is 12.1. The molecule has 1 fully saturated rings. The summed E-state index contributed by atoms with van der Waals surface area (Å²) in [6.45, 7) is 0. The molecule has 1 atom stereocenters. The summed E-state index contributed by atoms with van der Waals surface area (Å²) in [6.07, 6.45) is 2.15. The molecule has 1 aliphatic heterocycles. The second-order valence-corrected chi connectivity index (χ2v) is 5.19. The lowest BCUT2D eigenvalue weighted by molar-refractivity contribution is -0.120. The number of fused-ring (bicyclic) bond motifs is 1. The van der Waals surface area contributed by atoms with Gasteiger partial charge >= 0.3 is 6.03 Å². The van der Waals surface area contributed by atoms with E-state index in [1.54, 1.807) is 18.3 Å². The first kappa shape index (κ1) is 12.3. The van der Waals surface area contributed by atoms with Crippen molar-refractivity contribution in [1.82, 2.24) is 15.6 Å². The molecule has 98 valence electrons. The Hall–Kier alpha value is -1.72. The molecule has 1 saturated heterocycles. The molecule has 3 amide bonds. The molecule has 7 heteroatoms. The maximum atomic E-state index is 11.5. The first-order valence-corrected chi connectivity index (χ1v) is 6.36. The molecule has 1 aliphatic rings. The highest BCUT2D eigenvalue weighted by Gasteiger charge is 2.30. The van der Waals surface area contributed by atoms with Crippen molar-refractivity contribution in [3.8, 4) is 0 Å². The molecular weight excluding hydrogens is 289 g/mol. The fourth-order valence-corrected chi connectivity index (χ4v) is 2.75. The van der Waals surface area contributed by atoms with Crippen molar-refractivity contribution in [2.45, 2.75) is 12.5 Å². The van der Waals surface area contributed by atoms with Crippen LogP contribution in [0.5, 0.6) is 0 Å². The molecule has 0 spiro atoms. The number of amides is 3. The van der Waals surface area contributed by atoms with Gasteiger partial charge in [-0.25, -0.2) is 4.79 Å². The lowest BCUT2D eigenvalue weighted by Crippen LogP contribution is -2.30. The van der Waals surface area contributed by atoms with E-state index >= 15 is 0 Å². The summed E-state index contributed by atoms with van der Waals surface area (Å²) in [5.41, 5.74) is 1.65. The van der Waals surface area contributed by atoms with Crippen LogP contribution in [0.1, 0.15) is 5.56 Å². The SMILES string of the molecule is O=C1NC(=O)C(Cc2c[nH]c3c(Cl)cc(Cl)cc23)N1. The zero-order chi connectivity index (χ0) is 13.6. The molecule has 0 aliphatic carbocycles. The van der Waals surface area contributed by atoms with E-state index in [1.807, 2.05) is 0 Å². The van der Waals surface area contributed by atoms with E-state index in [0.29, 0.717) is 16.5 Å². The van der Waals surface area contributed by atoms with Crippen molar-refractivity contribution in [3.63, 3.8) is 0 Å². The molecule has 5 nitrogen and oxygen atoms in total. The zero-order valence-electron chi connectivity index (χ0n) is 9.59. The Bertz CT molecular complexity index is 696. The number of halogens is 2. The highest BCUT2D eigenvalue weighted by Crippen LogP contribution is 2.30.